The van der Waals surface area contributed by atoms with E-state index in [1.807, 2.05) is 0 Å². The smallest absolute Gasteiger partial charge is 0.322 e. The van der Waals surface area contributed by atoms with Crippen molar-refractivity contribution in [2.75, 3.05) is 5.32 Å². The van der Waals surface area contributed by atoms with Crippen LogP contribution in [-0.2, 0) is 11.0 Å². The molecule has 2 aromatic carbocycles. The van der Waals surface area contributed by atoms with E-state index in [0.29, 0.717) is 15.6 Å². The molecule has 0 atom stereocenters. The van der Waals surface area contributed by atoms with Crippen molar-refractivity contribution in [1.29, 1.82) is 0 Å². The minimum absolute atomic E-state index is 0.0355. The first-order chi connectivity index (χ1) is 11.2. The van der Waals surface area contributed by atoms with Gasteiger partial charge in [-0.25, -0.2) is 0 Å². The molecule has 1 amide bonds. The van der Waals surface area contributed by atoms with Gasteiger partial charge in [-0.2, -0.15) is 13.2 Å². The van der Waals surface area contributed by atoms with Crippen LogP contribution in [0.3, 0.4) is 0 Å². The fourth-order valence-corrected chi connectivity index (χ4v) is 2.58. The number of hydrogen-bond donors (Lipinski definition) is 1. The van der Waals surface area contributed by atoms with E-state index in [-0.39, 0.29) is 5.69 Å². The normalized spacial score (nSPS) is 11.8. The standard InChI is InChI=1S/C16H9Cl3F3NO/c17-12-2-1-3-13(18)10(12)5-7-15(24)23-9-4-6-14(19)11(8-9)16(20,21)22/h1-8H,(H,23,24). The van der Waals surface area contributed by atoms with E-state index in [2.05, 4.69) is 5.32 Å². The summed E-state index contributed by atoms with van der Waals surface area (Å²) in [5, 5.41) is 2.56. The lowest BCUT2D eigenvalue weighted by Crippen LogP contribution is -2.11. The number of carbonyl (C=O) groups is 1. The molecule has 126 valence electrons. The van der Waals surface area contributed by atoms with Crippen LogP contribution in [0.4, 0.5) is 18.9 Å². The first kappa shape index (κ1) is 18.6. The third-order valence-electron chi connectivity index (χ3n) is 2.94. The first-order valence-electron chi connectivity index (χ1n) is 6.48. The summed E-state index contributed by atoms with van der Waals surface area (Å²) >= 11 is 17.4. The fourth-order valence-electron chi connectivity index (χ4n) is 1.83. The topological polar surface area (TPSA) is 29.1 Å². The molecule has 0 aliphatic rings. The highest BCUT2D eigenvalue weighted by Crippen LogP contribution is 2.36. The van der Waals surface area contributed by atoms with Crippen molar-refractivity contribution < 1.29 is 18.0 Å². The summed E-state index contributed by atoms with van der Waals surface area (Å²) in [4.78, 5) is 11.9. The number of carbonyl (C=O) groups excluding carboxylic acids is 1. The van der Waals surface area contributed by atoms with E-state index in [1.54, 1.807) is 18.2 Å². The zero-order chi connectivity index (χ0) is 17.9. The highest BCUT2D eigenvalue weighted by atomic mass is 35.5. The van der Waals surface area contributed by atoms with Crippen molar-refractivity contribution in [2.45, 2.75) is 6.18 Å². The average molecular weight is 395 g/mol. The Kier molecular flexibility index (Phi) is 5.80. The van der Waals surface area contributed by atoms with E-state index in [4.69, 9.17) is 34.8 Å². The summed E-state index contributed by atoms with van der Waals surface area (Å²) in [6.07, 6.45) is -2.12. The highest BCUT2D eigenvalue weighted by molar-refractivity contribution is 6.37. The van der Waals surface area contributed by atoms with Gasteiger partial charge in [-0.1, -0.05) is 40.9 Å². The molecule has 0 aliphatic carbocycles. The lowest BCUT2D eigenvalue weighted by molar-refractivity contribution is -0.137. The van der Waals surface area contributed by atoms with Crippen LogP contribution in [0.1, 0.15) is 11.1 Å². The molecule has 8 heteroatoms. The Labute approximate surface area is 150 Å². The first-order valence-corrected chi connectivity index (χ1v) is 7.61. The SMILES string of the molecule is O=C(C=Cc1c(Cl)cccc1Cl)Nc1ccc(Cl)c(C(F)(F)F)c1. The second kappa shape index (κ2) is 7.47. The number of alkyl halides is 3. The molecule has 2 rings (SSSR count). The molecule has 0 unspecified atom stereocenters. The zero-order valence-corrected chi connectivity index (χ0v) is 14.1. The van der Waals surface area contributed by atoms with Gasteiger partial charge in [-0.15, -0.1) is 0 Å². The van der Waals surface area contributed by atoms with E-state index in [9.17, 15) is 18.0 Å². The predicted molar refractivity (Wildman–Crippen MR) is 90.6 cm³/mol. The van der Waals surface area contributed by atoms with Crippen LogP contribution < -0.4 is 5.32 Å². The Morgan fingerprint density at radius 3 is 2.21 bits per heavy atom. The zero-order valence-electron chi connectivity index (χ0n) is 11.8. The number of benzene rings is 2. The van der Waals surface area contributed by atoms with Gasteiger partial charge in [0.1, 0.15) is 0 Å². The Balaban J connectivity index is 2.17. The molecule has 0 bridgehead atoms. The molecule has 0 fully saturated rings. The van der Waals surface area contributed by atoms with E-state index in [0.717, 1.165) is 18.2 Å². The number of amides is 1. The van der Waals surface area contributed by atoms with Crippen molar-refractivity contribution in [3.05, 3.63) is 68.7 Å². The van der Waals surface area contributed by atoms with Crippen LogP contribution in [0.2, 0.25) is 15.1 Å². The maximum absolute atomic E-state index is 12.8. The molecule has 0 aromatic heterocycles. The minimum atomic E-state index is -4.61. The third-order valence-corrected chi connectivity index (χ3v) is 3.93. The number of anilines is 1. The van der Waals surface area contributed by atoms with Crippen LogP contribution in [-0.4, -0.2) is 5.91 Å². The summed E-state index contributed by atoms with van der Waals surface area (Å²) in [5.74, 6) is -0.638. The number of nitrogens with one attached hydrogen (secondary N) is 1. The van der Waals surface area contributed by atoms with Gasteiger partial charge in [0.05, 0.1) is 10.6 Å². The van der Waals surface area contributed by atoms with Crippen LogP contribution in [0.15, 0.2) is 42.5 Å². The van der Waals surface area contributed by atoms with Crippen LogP contribution in [0, 0.1) is 0 Å². The monoisotopic (exact) mass is 393 g/mol. The minimum Gasteiger partial charge on any atom is -0.322 e. The second-order valence-corrected chi connectivity index (χ2v) is 5.87. The maximum atomic E-state index is 12.8. The van der Waals surface area contributed by atoms with Crippen molar-refractivity contribution in [2.24, 2.45) is 0 Å². The van der Waals surface area contributed by atoms with Crippen molar-refractivity contribution in [3.8, 4) is 0 Å². The molecule has 0 heterocycles. The number of hydrogen-bond acceptors (Lipinski definition) is 1. The van der Waals surface area contributed by atoms with Gasteiger partial charge in [0.25, 0.3) is 0 Å². The summed E-state index contributed by atoms with van der Waals surface area (Å²) < 4.78 is 38.4. The molecule has 24 heavy (non-hydrogen) atoms. The average Bonchev–Trinajstić information content (AvgIpc) is 2.47. The Bertz CT molecular complexity index is 783. The van der Waals surface area contributed by atoms with Crippen LogP contribution in [0.25, 0.3) is 6.08 Å². The molecule has 0 radical (unpaired) electrons. The van der Waals surface area contributed by atoms with Gasteiger partial charge in [-0.05, 0) is 36.4 Å². The van der Waals surface area contributed by atoms with E-state index in [1.165, 1.54) is 12.1 Å². The molecular weight excluding hydrogens is 386 g/mol. The predicted octanol–water partition coefficient (Wildman–Crippen LogP) is 6.32. The lowest BCUT2D eigenvalue weighted by atomic mass is 10.2. The van der Waals surface area contributed by atoms with Gasteiger partial charge in [0.15, 0.2) is 0 Å². The van der Waals surface area contributed by atoms with Crippen molar-refractivity contribution in [1.82, 2.24) is 0 Å². The van der Waals surface area contributed by atoms with E-state index < -0.39 is 22.7 Å². The molecule has 0 saturated heterocycles. The molecule has 0 saturated carbocycles. The Morgan fingerprint density at radius 1 is 1.00 bits per heavy atom. The van der Waals surface area contributed by atoms with Crippen molar-refractivity contribution in [3.63, 3.8) is 0 Å². The third kappa shape index (κ3) is 4.66. The molecular formula is C16H9Cl3F3NO. The highest BCUT2D eigenvalue weighted by Gasteiger charge is 2.33. The summed E-state index contributed by atoms with van der Waals surface area (Å²) in [7, 11) is 0. The van der Waals surface area contributed by atoms with Gasteiger partial charge >= 0.3 is 6.18 Å². The van der Waals surface area contributed by atoms with E-state index >= 15 is 0 Å². The van der Waals surface area contributed by atoms with Crippen LogP contribution in [0.5, 0.6) is 0 Å². The van der Waals surface area contributed by atoms with Crippen LogP contribution >= 0.6 is 34.8 Å². The number of rotatable bonds is 3. The van der Waals surface area contributed by atoms with Gasteiger partial charge in [0.2, 0.25) is 5.91 Å². The largest absolute Gasteiger partial charge is 0.417 e. The molecule has 0 aliphatic heterocycles. The second-order valence-electron chi connectivity index (χ2n) is 4.65. The molecule has 0 spiro atoms. The quantitative estimate of drug-likeness (QED) is 0.607. The molecule has 2 nitrogen and oxygen atoms in total. The number of halogens is 6. The van der Waals surface area contributed by atoms with Crippen molar-refractivity contribution >= 4 is 52.5 Å². The van der Waals surface area contributed by atoms with Gasteiger partial charge in [-0.3, -0.25) is 4.79 Å². The molecule has 2 aromatic rings. The summed E-state index contributed by atoms with van der Waals surface area (Å²) in [5.41, 5.74) is -0.630. The van der Waals surface area contributed by atoms with Gasteiger partial charge < -0.3 is 5.32 Å². The summed E-state index contributed by atoms with van der Waals surface area (Å²) in [6, 6.07) is 7.94. The maximum Gasteiger partial charge on any atom is 0.417 e. The Hall–Kier alpha value is -1.69. The summed E-state index contributed by atoms with van der Waals surface area (Å²) in [6.45, 7) is 0. The lowest BCUT2D eigenvalue weighted by Gasteiger charge is -2.11. The molecule has 1 N–H and O–H groups in total. The Morgan fingerprint density at radius 2 is 1.62 bits per heavy atom. The fraction of sp³-hybridized carbons (Fsp3) is 0.0625. The van der Waals surface area contributed by atoms with Gasteiger partial charge in [0, 0.05) is 27.4 Å².